The molecular formula is C26H26ClFN2. The molecule has 1 atom stereocenters. The Morgan fingerprint density at radius 1 is 1.07 bits per heavy atom. The third kappa shape index (κ3) is 4.43. The molecule has 0 saturated carbocycles. The van der Waals surface area contributed by atoms with Crippen molar-refractivity contribution >= 4 is 23.4 Å². The molecule has 4 heteroatoms. The highest BCUT2D eigenvalue weighted by atomic mass is 35.5. The van der Waals surface area contributed by atoms with Crippen LogP contribution in [0.25, 0.3) is 6.08 Å². The van der Waals surface area contributed by atoms with Crippen LogP contribution < -0.4 is 4.90 Å². The summed E-state index contributed by atoms with van der Waals surface area (Å²) in [6.07, 6.45) is 1.87. The topological polar surface area (TPSA) is 6.48 Å². The van der Waals surface area contributed by atoms with Gasteiger partial charge in [0.1, 0.15) is 5.82 Å². The molecule has 1 fully saturated rings. The highest BCUT2D eigenvalue weighted by Gasteiger charge is 2.29. The second kappa shape index (κ2) is 9.03. The van der Waals surface area contributed by atoms with E-state index < -0.39 is 0 Å². The van der Waals surface area contributed by atoms with E-state index in [9.17, 15) is 4.39 Å². The van der Waals surface area contributed by atoms with Gasteiger partial charge in [0.15, 0.2) is 0 Å². The van der Waals surface area contributed by atoms with E-state index in [4.69, 9.17) is 11.6 Å². The Kier molecular flexibility index (Phi) is 6.21. The Morgan fingerprint density at radius 2 is 1.83 bits per heavy atom. The third-order valence-corrected chi connectivity index (χ3v) is 6.09. The number of hydrogen-bond donors (Lipinski definition) is 0. The van der Waals surface area contributed by atoms with Crippen LogP contribution in [0.1, 0.15) is 28.3 Å². The van der Waals surface area contributed by atoms with Crippen LogP contribution in [0, 0.1) is 12.7 Å². The minimum absolute atomic E-state index is 0.140. The summed E-state index contributed by atoms with van der Waals surface area (Å²) in [7, 11) is 0. The first-order valence-corrected chi connectivity index (χ1v) is 10.6. The fourth-order valence-corrected chi connectivity index (χ4v) is 4.36. The van der Waals surface area contributed by atoms with Gasteiger partial charge in [0, 0.05) is 42.5 Å². The van der Waals surface area contributed by atoms with Crippen LogP contribution in [-0.4, -0.2) is 24.5 Å². The zero-order chi connectivity index (χ0) is 21.1. The van der Waals surface area contributed by atoms with Crippen molar-refractivity contribution in [2.75, 3.05) is 24.5 Å². The minimum Gasteiger partial charge on any atom is -0.362 e. The van der Waals surface area contributed by atoms with Gasteiger partial charge in [0.25, 0.3) is 0 Å². The molecule has 1 heterocycles. The molecule has 154 valence electrons. The number of anilines is 1. The molecule has 1 saturated heterocycles. The van der Waals surface area contributed by atoms with Gasteiger partial charge in [-0.3, -0.25) is 4.90 Å². The van der Waals surface area contributed by atoms with Crippen LogP contribution in [0.2, 0.25) is 5.02 Å². The molecule has 0 bridgehead atoms. The molecule has 1 unspecified atom stereocenters. The summed E-state index contributed by atoms with van der Waals surface area (Å²) in [5.74, 6) is -0.140. The SMILES string of the molecule is C=Cc1ccc(N2CCN(Cc3ccccc3F)CC2c2ccc(Cl)cc2)c(C)c1. The lowest BCUT2D eigenvalue weighted by Gasteiger charge is -2.44. The van der Waals surface area contributed by atoms with Crippen LogP contribution in [0.4, 0.5) is 10.1 Å². The van der Waals surface area contributed by atoms with Gasteiger partial charge in [-0.25, -0.2) is 4.39 Å². The standard InChI is InChI=1S/C26H26ClFN2/c1-3-20-8-13-25(19(2)16-20)30-15-14-29(17-22-6-4-5-7-24(22)28)18-26(30)21-9-11-23(27)12-10-21/h3-13,16,26H,1,14-15,17-18H2,2H3. The summed E-state index contributed by atoms with van der Waals surface area (Å²) in [4.78, 5) is 4.80. The van der Waals surface area contributed by atoms with E-state index in [1.165, 1.54) is 22.9 Å². The van der Waals surface area contributed by atoms with Crippen molar-refractivity contribution in [2.45, 2.75) is 19.5 Å². The molecule has 1 aliphatic rings. The molecule has 30 heavy (non-hydrogen) atoms. The third-order valence-electron chi connectivity index (χ3n) is 5.84. The molecule has 0 N–H and O–H groups in total. The quantitative estimate of drug-likeness (QED) is 0.465. The van der Waals surface area contributed by atoms with Gasteiger partial charge in [-0.2, -0.15) is 0 Å². The van der Waals surface area contributed by atoms with Crippen molar-refractivity contribution < 1.29 is 4.39 Å². The summed E-state index contributed by atoms with van der Waals surface area (Å²) in [5.41, 5.74) is 5.54. The molecule has 1 aliphatic heterocycles. The van der Waals surface area contributed by atoms with E-state index in [2.05, 4.69) is 53.6 Å². The minimum atomic E-state index is -0.140. The van der Waals surface area contributed by atoms with Crippen LogP contribution in [0.15, 0.2) is 73.3 Å². The lowest BCUT2D eigenvalue weighted by molar-refractivity contribution is 0.213. The average molecular weight is 421 g/mol. The number of benzene rings is 3. The Hall–Kier alpha value is -2.62. The summed E-state index contributed by atoms with van der Waals surface area (Å²) in [5, 5.41) is 0.732. The first kappa shape index (κ1) is 20.6. The highest BCUT2D eigenvalue weighted by Crippen LogP contribution is 2.34. The fourth-order valence-electron chi connectivity index (χ4n) is 4.24. The molecular weight excluding hydrogens is 395 g/mol. The van der Waals surface area contributed by atoms with Gasteiger partial charge < -0.3 is 4.90 Å². The summed E-state index contributed by atoms with van der Waals surface area (Å²) in [6.45, 7) is 9.20. The van der Waals surface area contributed by atoms with Crippen molar-refractivity contribution in [1.29, 1.82) is 0 Å². The normalized spacial score (nSPS) is 17.2. The molecule has 3 aromatic rings. The number of rotatable bonds is 5. The molecule has 0 spiro atoms. The van der Waals surface area contributed by atoms with Crippen molar-refractivity contribution in [3.63, 3.8) is 0 Å². The summed E-state index contributed by atoms with van der Waals surface area (Å²) < 4.78 is 14.2. The van der Waals surface area contributed by atoms with Crippen molar-refractivity contribution in [3.8, 4) is 0 Å². The van der Waals surface area contributed by atoms with Gasteiger partial charge in [-0.05, 0) is 47.9 Å². The van der Waals surface area contributed by atoms with E-state index in [1.807, 2.05) is 30.3 Å². The van der Waals surface area contributed by atoms with E-state index in [0.29, 0.717) is 6.54 Å². The predicted octanol–water partition coefficient (Wildman–Crippen LogP) is 6.49. The number of hydrogen-bond acceptors (Lipinski definition) is 2. The van der Waals surface area contributed by atoms with Crippen LogP contribution in [-0.2, 0) is 6.54 Å². The number of halogens is 2. The molecule has 3 aromatic carbocycles. The van der Waals surface area contributed by atoms with E-state index in [1.54, 1.807) is 6.07 Å². The van der Waals surface area contributed by atoms with Gasteiger partial charge in [0.05, 0.1) is 6.04 Å². The second-order valence-corrected chi connectivity index (χ2v) is 8.27. The number of piperazine rings is 1. The van der Waals surface area contributed by atoms with Crippen LogP contribution in [0.5, 0.6) is 0 Å². The molecule has 0 aromatic heterocycles. The lowest BCUT2D eigenvalue weighted by Crippen LogP contribution is -2.48. The predicted molar refractivity (Wildman–Crippen MR) is 124 cm³/mol. The highest BCUT2D eigenvalue weighted by molar-refractivity contribution is 6.30. The maximum absolute atomic E-state index is 14.2. The Balaban J connectivity index is 1.64. The zero-order valence-corrected chi connectivity index (χ0v) is 17.9. The lowest BCUT2D eigenvalue weighted by atomic mass is 9.99. The summed E-state index contributed by atoms with van der Waals surface area (Å²) in [6, 6.07) is 21.8. The first-order chi connectivity index (χ1) is 14.5. The van der Waals surface area contributed by atoms with Gasteiger partial charge in [-0.1, -0.05) is 66.7 Å². The van der Waals surface area contributed by atoms with Gasteiger partial charge in [0.2, 0.25) is 0 Å². The first-order valence-electron chi connectivity index (χ1n) is 10.3. The number of nitrogens with zero attached hydrogens (tertiary/aromatic N) is 2. The molecule has 0 radical (unpaired) electrons. The smallest absolute Gasteiger partial charge is 0.127 e. The Labute approximate surface area is 183 Å². The molecule has 0 aliphatic carbocycles. The Bertz CT molecular complexity index is 1030. The zero-order valence-electron chi connectivity index (χ0n) is 17.2. The van der Waals surface area contributed by atoms with E-state index in [0.717, 1.165) is 35.8 Å². The van der Waals surface area contributed by atoms with Gasteiger partial charge in [-0.15, -0.1) is 0 Å². The van der Waals surface area contributed by atoms with E-state index >= 15 is 0 Å². The van der Waals surface area contributed by atoms with Crippen LogP contribution >= 0.6 is 11.6 Å². The second-order valence-electron chi connectivity index (χ2n) is 7.84. The molecule has 4 rings (SSSR count). The van der Waals surface area contributed by atoms with Crippen molar-refractivity contribution in [3.05, 3.63) is 106 Å². The maximum atomic E-state index is 14.2. The van der Waals surface area contributed by atoms with Gasteiger partial charge >= 0.3 is 0 Å². The van der Waals surface area contributed by atoms with Crippen molar-refractivity contribution in [1.82, 2.24) is 4.90 Å². The number of aryl methyl sites for hydroxylation is 1. The summed E-state index contributed by atoms with van der Waals surface area (Å²) >= 11 is 6.14. The largest absolute Gasteiger partial charge is 0.362 e. The van der Waals surface area contributed by atoms with E-state index in [-0.39, 0.29) is 11.9 Å². The molecule has 0 amide bonds. The Morgan fingerprint density at radius 3 is 2.53 bits per heavy atom. The molecule has 2 nitrogen and oxygen atoms in total. The fraction of sp³-hybridized carbons (Fsp3) is 0.231. The van der Waals surface area contributed by atoms with Crippen molar-refractivity contribution in [2.24, 2.45) is 0 Å². The maximum Gasteiger partial charge on any atom is 0.127 e. The monoisotopic (exact) mass is 420 g/mol. The van der Waals surface area contributed by atoms with Crippen LogP contribution in [0.3, 0.4) is 0 Å². The average Bonchev–Trinajstić information content (AvgIpc) is 2.76.